The number of aromatic nitrogens is 2. The summed E-state index contributed by atoms with van der Waals surface area (Å²) in [6, 6.07) is 27.5. The van der Waals surface area contributed by atoms with Crippen LogP contribution in [0.4, 0.5) is 0 Å². The molecule has 36 heteroatoms. The third kappa shape index (κ3) is 24.5. The Bertz CT molecular complexity index is 6540. The summed E-state index contributed by atoms with van der Waals surface area (Å²) in [5, 5.41) is 21.4. The number of aromatic carboxylic acids is 2. The van der Waals surface area contributed by atoms with Gasteiger partial charge in [0.15, 0.2) is 34.7 Å². The number of carbonyl (C=O) groups is 5. The first-order valence-corrected chi connectivity index (χ1v) is 64.8. The second-order valence-electron chi connectivity index (χ2n) is 42.6. The molecular formula is C111H129Br8N5O21Si2. The van der Waals surface area contributed by atoms with Gasteiger partial charge in [0.1, 0.15) is 19.2 Å². The van der Waals surface area contributed by atoms with E-state index in [0.29, 0.717) is 154 Å². The van der Waals surface area contributed by atoms with E-state index in [9.17, 15) is 34.2 Å². The van der Waals surface area contributed by atoms with Crippen molar-refractivity contribution in [2.24, 2.45) is 11.5 Å². The molecule has 16 aliphatic rings. The molecule has 9 aliphatic carbocycles. The number of rotatable bonds is 16. The van der Waals surface area contributed by atoms with Crippen LogP contribution < -0.4 is 11.5 Å². The van der Waals surface area contributed by atoms with Crippen molar-refractivity contribution in [2.45, 2.75) is 254 Å². The molecule has 0 unspecified atom stereocenters. The van der Waals surface area contributed by atoms with Crippen molar-refractivity contribution in [3.05, 3.63) is 234 Å². The first kappa shape index (κ1) is 111. The molecule has 0 bridgehead atoms. The van der Waals surface area contributed by atoms with E-state index in [1.54, 1.807) is 17.7 Å². The van der Waals surface area contributed by atoms with E-state index in [2.05, 4.69) is 213 Å². The lowest BCUT2D eigenvalue weighted by Gasteiger charge is -2.33. The molecule has 8 aromatic rings. The Balaban J connectivity index is 0.000000115. The van der Waals surface area contributed by atoms with Crippen LogP contribution in [0.25, 0.3) is 44.1 Å². The van der Waals surface area contributed by atoms with Gasteiger partial charge in [0.05, 0.1) is 101 Å². The van der Waals surface area contributed by atoms with Gasteiger partial charge in [-0.25, -0.2) is 9.59 Å². The number of halogens is 8. The van der Waals surface area contributed by atoms with Crippen LogP contribution in [-0.4, -0.2) is 210 Å². The molecule has 0 atom stereocenters. The summed E-state index contributed by atoms with van der Waals surface area (Å²) in [6.45, 7) is 30.0. The Morgan fingerprint density at radius 3 is 1.28 bits per heavy atom. The highest BCUT2D eigenvalue weighted by atomic mass is 79.9. The van der Waals surface area contributed by atoms with Gasteiger partial charge in [-0.15, -0.1) is 0 Å². The average molecular weight is 2560 g/mol. The number of ketones is 1. The van der Waals surface area contributed by atoms with Crippen molar-refractivity contribution in [1.82, 2.24) is 14.0 Å². The number of ether oxygens (including phenoxy) is 14. The number of hydrogen-bond acceptors (Lipinski definition) is 20. The number of hydrogen-bond donors (Lipinski definition) is 4. The van der Waals surface area contributed by atoms with Crippen LogP contribution in [0, 0.1) is 0 Å². The van der Waals surface area contributed by atoms with Crippen LogP contribution >= 0.6 is 127 Å². The summed E-state index contributed by atoms with van der Waals surface area (Å²) >= 11 is 28.9. The van der Waals surface area contributed by atoms with Crippen molar-refractivity contribution >= 4 is 217 Å². The number of carboxylic acid groups (broad SMARTS) is 2. The van der Waals surface area contributed by atoms with Gasteiger partial charge in [-0.1, -0.05) is 186 Å². The Morgan fingerprint density at radius 1 is 0.435 bits per heavy atom. The van der Waals surface area contributed by atoms with Crippen molar-refractivity contribution in [2.75, 3.05) is 106 Å². The summed E-state index contributed by atoms with van der Waals surface area (Å²) < 4.78 is 95.5. The number of carboxylic acids is 2. The van der Waals surface area contributed by atoms with Gasteiger partial charge in [0.25, 0.3) is 0 Å². The third-order valence-electron chi connectivity index (χ3n) is 30.8. The monoisotopic (exact) mass is 2560 g/mol. The molecule has 2 aromatic heterocycles. The summed E-state index contributed by atoms with van der Waals surface area (Å²) in [6.07, 6.45) is 22.4. The molecule has 2 amide bonds. The maximum Gasteiger partial charge on any atom is 0.337 e. The minimum absolute atomic E-state index is 0.0599. The van der Waals surface area contributed by atoms with Crippen LogP contribution in [0.1, 0.15) is 201 Å². The van der Waals surface area contributed by atoms with Gasteiger partial charge in [-0.05, 0) is 243 Å². The van der Waals surface area contributed by atoms with E-state index in [1.807, 2.05) is 47.4 Å². The minimum atomic E-state index is -1.19. The van der Waals surface area contributed by atoms with E-state index in [0.717, 1.165) is 236 Å². The zero-order chi connectivity index (χ0) is 104. The molecule has 0 radical (unpaired) electrons. The molecule has 6 N–H and O–H groups in total. The van der Waals surface area contributed by atoms with Crippen molar-refractivity contribution in [3.8, 4) is 0 Å². The van der Waals surface area contributed by atoms with Crippen LogP contribution in [-0.2, 0) is 141 Å². The molecule has 6 saturated heterocycles. The number of primary amides is 1. The van der Waals surface area contributed by atoms with E-state index in [4.69, 9.17) is 77.8 Å². The Labute approximate surface area is 927 Å². The van der Waals surface area contributed by atoms with Crippen LogP contribution in [0.15, 0.2) is 150 Å². The molecule has 26 nitrogen and oxygen atoms in total. The maximum absolute atomic E-state index is 12.2. The normalized spacial score (nSPS) is 20.9. The lowest BCUT2D eigenvalue weighted by atomic mass is 9.84. The number of benzene rings is 6. The molecule has 6 aromatic carbocycles. The standard InChI is InChI=1S/C24H26N2O4.C21H28BrNO5Si.C20H27Br2NO3Si.C16H15BrO4.C15H14Br2O2.C8H12O3.C7H7Br2N/c1-2-21(27)26-9-3-4-16(14-26)17-5-6-18(23(25)28)19-12-15-7-8-24(29-10-11-30-24)13-20(15)22(17)19;1-29(2,3)11-10-26-13-23-17-6-7-21(27-8-9-28-21)12-15(17)18-16(22)5-4-14(19(18)23)20(24)25;1-27(2,3)11-10-24-13-23-17-6-7-20(25-8-9-26-20)12-14(17)18-15(21)4-5-16(22)19(18)23;17-13-2-1-10(15(18)19)11-7-9-3-4-16(20-5-6-21-16)8-12(9)14(11)13;16-12-1-2-13(17)14-10(12)7-9-3-4-15(8-11(9)14)18-5-6-19-15;9-7-1-3-8(4-2-7)10-5-6-11-8;8-6-1-2-7(9)5(3-6)4-10/h2,4-6H,1,3,7-14H2,(H2,25,28);4-5H,6-13H2,1-3H3,(H,24,25);4-5H,6-13H2,1-3H3;1-2H,3-8H2,(H,18,19);1-2H,3-8H2;1-6H2;1-3H,4,10H2. The van der Waals surface area contributed by atoms with Crippen LogP contribution in [0.5, 0.6) is 0 Å². The molecule has 788 valence electrons. The molecule has 6 spiro atoms. The third-order valence-corrected chi connectivity index (χ3v) is 39.5. The van der Waals surface area contributed by atoms with E-state index in [-0.39, 0.29) is 17.5 Å². The quantitative estimate of drug-likeness (QED) is 0.0397. The number of fused-ring (bicyclic) bond motifs is 12. The number of nitrogens with two attached hydrogens (primary N) is 2. The molecule has 9 heterocycles. The van der Waals surface area contributed by atoms with Crippen LogP contribution in [0.2, 0.25) is 51.4 Å². The van der Waals surface area contributed by atoms with Gasteiger partial charge < -0.3 is 102 Å². The zero-order valence-electron chi connectivity index (χ0n) is 84.2. The smallest absolute Gasteiger partial charge is 0.337 e. The first-order chi connectivity index (χ1) is 70.3. The summed E-state index contributed by atoms with van der Waals surface area (Å²) in [5.74, 6) is -4.67. The minimum Gasteiger partial charge on any atom is -0.478 e. The topological polar surface area (TPSA) is 320 Å². The highest BCUT2D eigenvalue weighted by Crippen LogP contribution is 2.57. The second-order valence-corrected chi connectivity index (χ2v) is 60.7. The Hall–Kier alpha value is -5.68. The molecule has 7 aliphatic heterocycles. The largest absolute Gasteiger partial charge is 0.478 e. The average Bonchev–Trinajstić information content (AvgIpc) is 1.57. The predicted octanol–water partition coefficient (Wildman–Crippen LogP) is 24.6. The molecule has 24 rings (SSSR count). The number of nitrogens with zero attached hydrogens (tertiary/aromatic N) is 3. The molecular weight excluding hydrogens is 2430 g/mol. The lowest BCUT2D eigenvalue weighted by molar-refractivity contribution is -0.179. The summed E-state index contributed by atoms with van der Waals surface area (Å²) in [7, 11) is -2.28. The lowest BCUT2D eigenvalue weighted by Crippen LogP contribution is -2.37. The van der Waals surface area contributed by atoms with E-state index >= 15 is 0 Å². The fraction of sp³-hybridized carbons (Fsp3) is 0.505. The number of Topliss-reactive ketones (excluding diaryl/α,β-unsaturated/α-hetero) is 1. The number of carbonyl (C=O) groups excluding carboxylic acids is 3. The fourth-order valence-electron chi connectivity index (χ4n) is 23.3. The van der Waals surface area contributed by atoms with Gasteiger partial charge in [-0.3, -0.25) is 14.4 Å². The highest BCUT2D eigenvalue weighted by Gasteiger charge is 2.51. The van der Waals surface area contributed by atoms with Gasteiger partial charge in [-0.2, -0.15) is 0 Å². The Morgan fingerprint density at radius 2 is 0.816 bits per heavy atom. The molecule has 1 saturated carbocycles. The highest BCUT2D eigenvalue weighted by molar-refractivity contribution is 9.12. The van der Waals surface area contributed by atoms with Crippen molar-refractivity contribution in [3.63, 3.8) is 0 Å². The molecule has 147 heavy (non-hydrogen) atoms. The molecule has 7 fully saturated rings. The number of amides is 2. The second kappa shape index (κ2) is 46.8. The van der Waals surface area contributed by atoms with Crippen molar-refractivity contribution < 1.29 is 101 Å². The maximum atomic E-state index is 12.2. The van der Waals surface area contributed by atoms with Gasteiger partial charge in [0, 0.05) is 202 Å². The van der Waals surface area contributed by atoms with Crippen molar-refractivity contribution in [1.29, 1.82) is 0 Å². The fourth-order valence-corrected chi connectivity index (χ4v) is 29.0. The van der Waals surface area contributed by atoms with E-state index < -0.39 is 57.1 Å². The van der Waals surface area contributed by atoms with Crippen LogP contribution in [0.3, 0.4) is 0 Å². The number of allylic oxidation sites excluding steroid dienone is 3. The SMILES string of the molecule is Brc1ccc(Br)c2c1CC1=C2CC2(CC1)OCCO2.C=CC(=O)N1CCC=C(c2ccc(C(N)=O)c3c2C2=C(CCC4(C2)OCCO4)C3)C1.C[Si](C)(C)CCOCn1c2c(c3c(Br)ccc(Br)c31)CC1(CC2)OCCO1.C[Si](C)(C)CCOCn1c2c(c3c(Br)ccc(C(=O)O)c31)CC1(CC2)OCCO1.NCc1cc(Br)ccc1Br.O=C(O)c1ccc(Br)c2c1CC1=C2CC2(CC1)OCCO2.O=C1CCC2(CC1)OCCO2. The van der Waals surface area contributed by atoms with Gasteiger partial charge in [0.2, 0.25) is 11.8 Å². The first-order valence-electron chi connectivity index (χ1n) is 51.1. The van der Waals surface area contributed by atoms with Gasteiger partial charge >= 0.3 is 11.9 Å². The zero-order valence-corrected chi connectivity index (χ0v) is 98.8. The Kier molecular flexibility index (Phi) is 35.3. The predicted molar refractivity (Wildman–Crippen MR) is 598 cm³/mol. The summed E-state index contributed by atoms with van der Waals surface area (Å²) in [4.78, 5) is 60.5. The summed E-state index contributed by atoms with van der Waals surface area (Å²) in [5.41, 5.74) is 37.6. The van der Waals surface area contributed by atoms with E-state index in [1.165, 1.54) is 82.2 Å².